The molecule has 1 saturated heterocycles. The number of benzene rings is 1. The van der Waals surface area contributed by atoms with Gasteiger partial charge in [-0.25, -0.2) is 12.7 Å². The smallest absolute Gasteiger partial charge is 0.224 e. The first-order valence-electron chi connectivity index (χ1n) is 9.37. The summed E-state index contributed by atoms with van der Waals surface area (Å²) in [4.78, 5) is 12.4. The van der Waals surface area contributed by atoms with Crippen LogP contribution in [0.1, 0.15) is 31.7 Å². The van der Waals surface area contributed by atoms with Gasteiger partial charge in [-0.05, 0) is 50.3 Å². The van der Waals surface area contributed by atoms with Gasteiger partial charge in [0.1, 0.15) is 0 Å². The maximum Gasteiger partial charge on any atom is 0.224 e. The lowest BCUT2D eigenvalue weighted by molar-refractivity contribution is -0.126. The van der Waals surface area contributed by atoms with Crippen molar-refractivity contribution in [2.75, 3.05) is 39.6 Å². The third-order valence-corrected chi connectivity index (χ3v) is 6.75. The molecule has 0 bridgehead atoms. The zero-order valence-corrected chi connectivity index (χ0v) is 17.2. The molecule has 8 heteroatoms. The van der Waals surface area contributed by atoms with E-state index in [2.05, 4.69) is 5.32 Å². The third-order valence-electron chi connectivity index (χ3n) is 4.90. The molecule has 152 valence electrons. The number of carbonyl (C=O) groups excluding carboxylic acids is 1. The molecule has 0 spiro atoms. The number of hydrogen-bond donors (Lipinski definition) is 1. The lowest BCUT2D eigenvalue weighted by atomic mass is 9.99. The molecule has 1 N–H and O–H groups in total. The van der Waals surface area contributed by atoms with Crippen molar-refractivity contribution in [3.63, 3.8) is 0 Å². The van der Waals surface area contributed by atoms with Crippen LogP contribution in [0.15, 0.2) is 18.2 Å². The van der Waals surface area contributed by atoms with Gasteiger partial charge in [0.2, 0.25) is 15.9 Å². The molecule has 1 heterocycles. The van der Waals surface area contributed by atoms with Crippen molar-refractivity contribution in [2.45, 2.75) is 32.6 Å². The van der Waals surface area contributed by atoms with Crippen molar-refractivity contribution in [2.24, 2.45) is 5.92 Å². The Labute approximate surface area is 162 Å². The number of amides is 1. The van der Waals surface area contributed by atoms with Crippen LogP contribution in [0.5, 0.6) is 11.5 Å². The molecule has 1 aliphatic heterocycles. The van der Waals surface area contributed by atoms with E-state index in [0.717, 1.165) is 31.2 Å². The van der Waals surface area contributed by atoms with Crippen molar-refractivity contribution in [3.05, 3.63) is 23.8 Å². The van der Waals surface area contributed by atoms with Crippen molar-refractivity contribution in [3.8, 4) is 11.5 Å². The lowest BCUT2D eigenvalue weighted by Crippen LogP contribution is -2.46. The first-order chi connectivity index (χ1) is 12.9. The van der Waals surface area contributed by atoms with Gasteiger partial charge in [-0.1, -0.05) is 6.07 Å². The van der Waals surface area contributed by atoms with Crippen molar-refractivity contribution in [1.29, 1.82) is 0 Å². The molecule has 0 saturated carbocycles. The van der Waals surface area contributed by atoms with Crippen LogP contribution in [-0.2, 0) is 21.2 Å². The van der Waals surface area contributed by atoms with E-state index in [0.29, 0.717) is 24.6 Å². The van der Waals surface area contributed by atoms with Gasteiger partial charge >= 0.3 is 0 Å². The molecule has 1 aromatic rings. The second kappa shape index (κ2) is 9.94. The Balaban J connectivity index is 1.79. The lowest BCUT2D eigenvalue weighted by Gasteiger charge is -2.30. The van der Waals surface area contributed by atoms with Gasteiger partial charge in [-0.3, -0.25) is 4.79 Å². The second-order valence-electron chi connectivity index (χ2n) is 6.68. The SMILES string of the molecule is CCS(=O)(=O)N1CCCC(C(=O)NCCCc2ccc(OC)c(OC)c2)C1. The van der Waals surface area contributed by atoms with Gasteiger partial charge in [0.25, 0.3) is 0 Å². The molecule has 1 fully saturated rings. The van der Waals surface area contributed by atoms with Gasteiger partial charge in [0, 0.05) is 19.6 Å². The zero-order chi connectivity index (χ0) is 19.9. The zero-order valence-electron chi connectivity index (χ0n) is 16.4. The van der Waals surface area contributed by atoms with Crippen LogP contribution in [0.4, 0.5) is 0 Å². The number of rotatable bonds is 9. The van der Waals surface area contributed by atoms with E-state index in [1.807, 2.05) is 18.2 Å². The van der Waals surface area contributed by atoms with Gasteiger partial charge in [-0.2, -0.15) is 0 Å². The quantitative estimate of drug-likeness (QED) is 0.642. The van der Waals surface area contributed by atoms with E-state index in [-0.39, 0.29) is 24.1 Å². The first-order valence-corrected chi connectivity index (χ1v) is 11.0. The Morgan fingerprint density at radius 3 is 2.67 bits per heavy atom. The number of nitrogens with one attached hydrogen (secondary N) is 1. The van der Waals surface area contributed by atoms with Gasteiger partial charge in [0.15, 0.2) is 11.5 Å². The fraction of sp³-hybridized carbons (Fsp3) is 0.632. The summed E-state index contributed by atoms with van der Waals surface area (Å²) in [7, 11) is -0.0225. The van der Waals surface area contributed by atoms with Crippen LogP contribution >= 0.6 is 0 Å². The van der Waals surface area contributed by atoms with Crippen molar-refractivity contribution in [1.82, 2.24) is 9.62 Å². The number of piperidine rings is 1. The number of methoxy groups -OCH3 is 2. The topological polar surface area (TPSA) is 84.9 Å². The molecule has 0 radical (unpaired) electrons. The van der Waals surface area contributed by atoms with Crippen molar-refractivity contribution >= 4 is 15.9 Å². The molecule has 1 atom stereocenters. The van der Waals surface area contributed by atoms with E-state index in [9.17, 15) is 13.2 Å². The summed E-state index contributed by atoms with van der Waals surface area (Å²) in [6.45, 7) is 2.99. The predicted octanol–water partition coefficient (Wildman–Crippen LogP) is 1.81. The minimum atomic E-state index is -3.23. The van der Waals surface area contributed by atoms with Crippen molar-refractivity contribution < 1.29 is 22.7 Å². The van der Waals surface area contributed by atoms with E-state index >= 15 is 0 Å². The molecule has 1 aliphatic rings. The summed E-state index contributed by atoms with van der Waals surface area (Å²) in [5.41, 5.74) is 1.11. The predicted molar refractivity (Wildman–Crippen MR) is 105 cm³/mol. The molecular weight excluding hydrogens is 368 g/mol. The van der Waals surface area contributed by atoms with Crippen LogP contribution < -0.4 is 14.8 Å². The van der Waals surface area contributed by atoms with Crippen LogP contribution in [0.25, 0.3) is 0 Å². The maximum absolute atomic E-state index is 12.4. The molecule has 2 rings (SSSR count). The molecule has 27 heavy (non-hydrogen) atoms. The Kier molecular flexibility index (Phi) is 7.91. The highest BCUT2D eigenvalue weighted by Crippen LogP contribution is 2.28. The second-order valence-corrected chi connectivity index (χ2v) is 8.94. The number of ether oxygens (including phenoxy) is 2. The highest BCUT2D eigenvalue weighted by atomic mass is 32.2. The van der Waals surface area contributed by atoms with Crippen LogP contribution in [0.3, 0.4) is 0 Å². The summed E-state index contributed by atoms with van der Waals surface area (Å²) < 4.78 is 36.0. The highest BCUT2D eigenvalue weighted by Gasteiger charge is 2.31. The fourth-order valence-electron chi connectivity index (χ4n) is 3.28. The molecule has 1 aromatic carbocycles. The van der Waals surface area contributed by atoms with E-state index in [4.69, 9.17) is 9.47 Å². The van der Waals surface area contributed by atoms with Crippen LogP contribution in [-0.4, -0.2) is 58.2 Å². The largest absolute Gasteiger partial charge is 0.493 e. The normalized spacial score (nSPS) is 18.1. The minimum Gasteiger partial charge on any atom is -0.493 e. The van der Waals surface area contributed by atoms with Crippen LogP contribution in [0.2, 0.25) is 0 Å². The number of aryl methyl sites for hydroxylation is 1. The fourth-order valence-corrected chi connectivity index (χ4v) is 4.46. The van der Waals surface area contributed by atoms with E-state index in [1.54, 1.807) is 21.1 Å². The Hall–Kier alpha value is -1.80. The molecule has 0 aromatic heterocycles. The summed E-state index contributed by atoms with van der Waals surface area (Å²) in [5.74, 6) is 1.14. The molecular formula is C19H30N2O5S. The van der Waals surface area contributed by atoms with E-state index in [1.165, 1.54) is 4.31 Å². The Bertz CT molecular complexity index is 736. The standard InChI is InChI=1S/C19H30N2O5S/c1-4-27(23,24)21-12-6-8-16(14-21)19(22)20-11-5-7-15-9-10-17(25-2)18(13-15)26-3/h9-10,13,16H,4-8,11-12,14H2,1-3H3,(H,20,22). The van der Waals surface area contributed by atoms with Gasteiger partial charge in [-0.15, -0.1) is 0 Å². The highest BCUT2D eigenvalue weighted by molar-refractivity contribution is 7.89. The van der Waals surface area contributed by atoms with Gasteiger partial charge in [0.05, 0.1) is 25.9 Å². The number of hydrogen-bond acceptors (Lipinski definition) is 5. The van der Waals surface area contributed by atoms with E-state index < -0.39 is 10.0 Å². The monoisotopic (exact) mass is 398 g/mol. The third kappa shape index (κ3) is 5.84. The van der Waals surface area contributed by atoms with Gasteiger partial charge < -0.3 is 14.8 Å². The minimum absolute atomic E-state index is 0.0571. The number of sulfonamides is 1. The summed E-state index contributed by atoms with van der Waals surface area (Å²) >= 11 is 0. The summed E-state index contributed by atoms with van der Waals surface area (Å²) in [6.07, 6.45) is 3.06. The maximum atomic E-state index is 12.4. The molecule has 0 aliphatic carbocycles. The Morgan fingerprint density at radius 1 is 1.26 bits per heavy atom. The number of carbonyl (C=O) groups is 1. The number of nitrogens with zero attached hydrogens (tertiary/aromatic N) is 1. The summed E-state index contributed by atoms with van der Waals surface area (Å²) in [6, 6.07) is 5.80. The van der Waals surface area contributed by atoms with Crippen LogP contribution in [0, 0.1) is 5.92 Å². The first kappa shape index (κ1) is 21.5. The molecule has 1 unspecified atom stereocenters. The molecule has 7 nitrogen and oxygen atoms in total. The average molecular weight is 399 g/mol. The summed E-state index contributed by atoms with van der Waals surface area (Å²) in [5, 5.41) is 2.95. The average Bonchev–Trinajstić information content (AvgIpc) is 2.70. The molecule has 1 amide bonds. The Morgan fingerprint density at radius 2 is 2.00 bits per heavy atom.